The van der Waals surface area contributed by atoms with E-state index in [-0.39, 0.29) is 0 Å². The van der Waals surface area contributed by atoms with Crippen molar-refractivity contribution in [1.82, 2.24) is 0 Å². The van der Waals surface area contributed by atoms with Crippen LogP contribution in [0.15, 0.2) is 30.3 Å². The molecule has 0 spiro atoms. The quantitative estimate of drug-likeness (QED) is 0.778. The fourth-order valence-electron chi connectivity index (χ4n) is 2.95. The van der Waals surface area contributed by atoms with Gasteiger partial charge in [0.25, 0.3) is 0 Å². The van der Waals surface area contributed by atoms with Crippen LogP contribution in [0.5, 0.6) is 0 Å². The Kier molecular flexibility index (Phi) is 3.87. The number of hydrogen-bond donors (Lipinski definition) is 0. The van der Waals surface area contributed by atoms with Gasteiger partial charge in [-0.25, -0.2) is 0 Å². The van der Waals surface area contributed by atoms with Crippen LogP contribution >= 0.6 is 0 Å². The number of Topliss-reactive ketones (excluding diaryl/α,β-unsaturated/α-hetero) is 1. The molecule has 1 aromatic carbocycles. The minimum absolute atomic E-state index is 0.337. The van der Waals surface area contributed by atoms with E-state index in [0.29, 0.717) is 30.6 Å². The molecule has 1 saturated carbocycles. The van der Waals surface area contributed by atoms with E-state index < -0.39 is 8.07 Å². The number of carbonyl (C=O) groups is 1. The van der Waals surface area contributed by atoms with E-state index in [0.717, 1.165) is 6.42 Å². The van der Waals surface area contributed by atoms with Gasteiger partial charge in [0.15, 0.2) is 0 Å². The molecular weight excluding hydrogens is 303 g/mol. The Morgan fingerprint density at radius 3 is 2.28 bits per heavy atom. The van der Waals surface area contributed by atoms with Crippen LogP contribution in [0.4, 0.5) is 0 Å². The zero-order chi connectivity index (χ0) is 13.4. The van der Waals surface area contributed by atoms with Gasteiger partial charge in [0.05, 0.1) is 0 Å². The van der Waals surface area contributed by atoms with Gasteiger partial charge < -0.3 is 0 Å². The third kappa shape index (κ3) is 2.36. The Hall–Kier alpha value is -0.374. The number of rotatable bonds is 4. The monoisotopic (exact) mass is 326 g/mol. The van der Waals surface area contributed by atoms with E-state index in [9.17, 15) is 4.79 Å². The van der Waals surface area contributed by atoms with E-state index in [1.165, 1.54) is 10.9 Å². The van der Waals surface area contributed by atoms with Gasteiger partial charge in [-0.05, 0) is 0 Å². The minimum atomic E-state index is -1.33. The predicted molar refractivity (Wildman–Crippen MR) is 81.3 cm³/mol. The van der Waals surface area contributed by atoms with Crippen molar-refractivity contribution in [3.63, 3.8) is 0 Å². The van der Waals surface area contributed by atoms with Crippen LogP contribution in [0.2, 0.25) is 23.6 Å². The molecule has 0 saturated heterocycles. The summed E-state index contributed by atoms with van der Waals surface area (Å²) in [6.45, 7) is 9.10. The average Bonchev–Trinajstić information content (AvgIpc) is 2.23. The Balaban J connectivity index is 2.31. The summed E-state index contributed by atoms with van der Waals surface area (Å²) in [5.74, 6) is 0.755. The summed E-state index contributed by atoms with van der Waals surface area (Å²) in [4.78, 5) is 11.9. The molecule has 1 fully saturated rings. The second kappa shape index (κ2) is 4.95. The number of benzene rings is 1. The summed E-state index contributed by atoms with van der Waals surface area (Å²) in [6, 6.07) is 10.8. The summed E-state index contributed by atoms with van der Waals surface area (Å²) < 4.78 is 1.81. The maximum atomic E-state index is 11.9. The first-order chi connectivity index (χ1) is 8.37. The van der Waals surface area contributed by atoms with Crippen molar-refractivity contribution in [2.75, 3.05) is 0 Å². The third-order valence-electron chi connectivity index (χ3n) is 4.17. The van der Waals surface area contributed by atoms with Crippen molar-refractivity contribution >= 4 is 33.3 Å². The van der Waals surface area contributed by atoms with E-state index >= 15 is 0 Å². The fraction of sp³-hybridized carbons (Fsp3) is 0.533. The molecule has 98 valence electrons. The van der Waals surface area contributed by atoms with Gasteiger partial charge in [-0.1, -0.05) is 0 Å². The average molecular weight is 325 g/mol. The van der Waals surface area contributed by atoms with Gasteiger partial charge in [0.2, 0.25) is 0 Å². The maximum absolute atomic E-state index is 11.9. The molecule has 0 aliphatic heterocycles. The molecule has 0 N–H and O–H groups in total. The van der Waals surface area contributed by atoms with Crippen molar-refractivity contribution in [1.29, 1.82) is 0 Å². The zero-order valence-corrected chi connectivity index (χ0v) is 14.4. The second-order valence-corrected chi connectivity index (χ2v) is 15.4. The standard InChI is InChI=1S/C15H22OSeSi/c1-12(16)14-10-11-15(14,18(2,3)4)17-13-8-6-5-7-9-13/h5-9,14H,10-11H2,1-4H3/t14-,15-/m1/s1. The summed E-state index contributed by atoms with van der Waals surface area (Å²) in [7, 11) is -1.33. The third-order valence-corrected chi connectivity index (χ3v) is 14.5. The molecule has 2 atom stereocenters. The van der Waals surface area contributed by atoms with Crippen LogP contribution < -0.4 is 4.46 Å². The van der Waals surface area contributed by atoms with Crippen LogP contribution in [-0.2, 0) is 4.79 Å². The SMILES string of the molecule is CC(=O)[C@H]1CC[C@@]1([Se]c1ccccc1)[Si](C)(C)C. The van der Waals surface area contributed by atoms with Gasteiger partial charge >= 0.3 is 118 Å². The predicted octanol–water partition coefficient (Wildman–Crippen LogP) is 3.05. The normalized spacial score (nSPS) is 27.7. The molecule has 0 amide bonds. The Morgan fingerprint density at radius 1 is 1.28 bits per heavy atom. The van der Waals surface area contributed by atoms with E-state index in [1.54, 1.807) is 6.92 Å². The molecule has 0 unspecified atom stereocenters. The molecule has 1 aliphatic rings. The summed E-state index contributed by atoms with van der Waals surface area (Å²) >= 11 is 0.438. The summed E-state index contributed by atoms with van der Waals surface area (Å²) in [5, 5.41) is 0. The van der Waals surface area contributed by atoms with Crippen molar-refractivity contribution < 1.29 is 4.79 Å². The van der Waals surface area contributed by atoms with E-state index in [1.807, 2.05) is 0 Å². The molecule has 1 aliphatic carbocycles. The first kappa shape index (κ1) is 14.0. The Morgan fingerprint density at radius 2 is 1.89 bits per heavy atom. The molecule has 1 nitrogen and oxygen atoms in total. The second-order valence-electron chi connectivity index (χ2n) is 6.26. The van der Waals surface area contributed by atoms with Crippen molar-refractivity contribution in [2.45, 2.75) is 43.3 Å². The molecule has 3 heteroatoms. The van der Waals surface area contributed by atoms with Gasteiger partial charge in [-0.15, -0.1) is 0 Å². The molecule has 1 aromatic rings. The van der Waals surface area contributed by atoms with Gasteiger partial charge in [-0.3, -0.25) is 0 Å². The molecule has 0 aromatic heterocycles. The van der Waals surface area contributed by atoms with E-state index in [2.05, 4.69) is 50.0 Å². The molecule has 2 rings (SSSR count). The number of carbonyl (C=O) groups excluding carboxylic acids is 1. The van der Waals surface area contributed by atoms with Crippen LogP contribution in [0, 0.1) is 5.92 Å². The number of hydrogen-bond acceptors (Lipinski definition) is 1. The van der Waals surface area contributed by atoms with Crippen molar-refractivity contribution in [3.05, 3.63) is 30.3 Å². The fourth-order valence-corrected chi connectivity index (χ4v) is 10.9. The van der Waals surface area contributed by atoms with Crippen LogP contribution in [0.25, 0.3) is 0 Å². The topological polar surface area (TPSA) is 17.1 Å². The van der Waals surface area contributed by atoms with Gasteiger partial charge in [-0.2, -0.15) is 0 Å². The van der Waals surface area contributed by atoms with Crippen molar-refractivity contribution in [2.24, 2.45) is 5.92 Å². The van der Waals surface area contributed by atoms with E-state index in [4.69, 9.17) is 0 Å². The molecule has 0 bridgehead atoms. The van der Waals surface area contributed by atoms with Crippen LogP contribution in [0.3, 0.4) is 0 Å². The summed E-state index contributed by atoms with van der Waals surface area (Å²) in [6.07, 6.45) is 2.38. The van der Waals surface area contributed by atoms with Crippen molar-refractivity contribution in [3.8, 4) is 0 Å². The summed E-state index contributed by atoms with van der Waals surface area (Å²) in [5.41, 5.74) is 0. The molecule has 0 radical (unpaired) electrons. The Labute approximate surface area is 118 Å². The molecular formula is C15H22OSeSi. The van der Waals surface area contributed by atoms with Crippen LogP contribution in [0.1, 0.15) is 19.8 Å². The molecule has 0 heterocycles. The van der Waals surface area contributed by atoms with Gasteiger partial charge in [0, 0.05) is 0 Å². The number of ketones is 1. The van der Waals surface area contributed by atoms with Gasteiger partial charge in [0.1, 0.15) is 0 Å². The first-order valence-electron chi connectivity index (χ1n) is 6.61. The Bertz CT molecular complexity index is 438. The zero-order valence-electron chi connectivity index (χ0n) is 11.7. The first-order valence-corrected chi connectivity index (χ1v) is 11.8. The van der Waals surface area contributed by atoms with Crippen LogP contribution in [-0.4, -0.2) is 28.8 Å². The molecule has 18 heavy (non-hydrogen) atoms.